The normalized spacial score (nSPS) is 10.4. The Kier molecular flexibility index (Phi) is 6.34. The first-order valence-corrected chi connectivity index (χ1v) is 8.64. The zero-order valence-corrected chi connectivity index (χ0v) is 15.4. The van der Waals surface area contributed by atoms with Gasteiger partial charge in [0.1, 0.15) is 0 Å². The first kappa shape index (κ1) is 18.7. The molecule has 0 saturated carbocycles. The Balaban J connectivity index is 2.00. The summed E-state index contributed by atoms with van der Waals surface area (Å²) in [5.41, 5.74) is 5.05. The fourth-order valence-electron chi connectivity index (χ4n) is 2.84. The molecule has 1 N–H and O–H groups in total. The van der Waals surface area contributed by atoms with E-state index in [9.17, 15) is 9.59 Å². The van der Waals surface area contributed by atoms with E-state index in [2.05, 4.69) is 18.3 Å². The maximum Gasteiger partial charge on any atom is 0.226 e. The number of nitrogens with zero attached hydrogens (tertiary/aromatic N) is 1. The van der Waals surface area contributed by atoms with Crippen molar-refractivity contribution in [3.63, 3.8) is 0 Å². The number of hydrogen-bond donors (Lipinski definition) is 1. The van der Waals surface area contributed by atoms with Gasteiger partial charge in [0.15, 0.2) is 0 Å². The van der Waals surface area contributed by atoms with Crippen molar-refractivity contribution in [1.82, 2.24) is 0 Å². The third-order valence-electron chi connectivity index (χ3n) is 4.11. The SMILES string of the molecule is CCc1ccc(NC(=O)CCN(C(C)=O)c2cc(C)cc(C)c2)cc1. The summed E-state index contributed by atoms with van der Waals surface area (Å²) in [6.07, 6.45) is 1.22. The Labute approximate surface area is 149 Å². The van der Waals surface area contributed by atoms with Gasteiger partial charge in [-0.15, -0.1) is 0 Å². The third kappa shape index (κ3) is 5.45. The van der Waals surface area contributed by atoms with Gasteiger partial charge in [0.05, 0.1) is 0 Å². The molecular formula is C21H26N2O2. The first-order chi connectivity index (χ1) is 11.9. The quantitative estimate of drug-likeness (QED) is 0.856. The Bertz CT molecular complexity index is 731. The van der Waals surface area contributed by atoms with Crippen LogP contribution in [0.15, 0.2) is 42.5 Å². The minimum atomic E-state index is -0.0973. The summed E-state index contributed by atoms with van der Waals surface area (Å²) in [5, 5.41) is 2.88. The molecule has 0 unspecified atom stereocenters. The van der Waals surface area contributed by atoms with Crippen LogP contribution in [0.1, 0.15) is 37.0 Å². The highest BCUT2D eigenvalue weighted by Gasteiger charge is 2.14. The lowest BCUT2D eigenvalue weighted by atomic mass is 10.1. The molecule has 4 heteroatoms. The number of rotatable bonds is 6. The van der Waals surface area contributed by atoms with Crippen molar-refractivity contribution < 1.29 is 9.59 Å². The van der Waals surface area contributed by atoms with Crippen molar-refractivity contribution in [3.05, 3.63) is 59.2 Å². The summed E-state index contributed by atoms with van der Waals surface area (Å²) < 4.78 is 0. The first-order valence-electron chi connectivity index (χ1n) is 8.64. The molecule has 2 aromatic rings. The van der Waals surface area contributed by atoms with Gasteiger partial charge in [-0.25, -0.2) is 0 Å². The van der Waals surface area contributed by atoms with E-state index in [-0.39, 0.29) is 18.2 Å². The van der Waals surface area contributed by atoms with Crippen LogP contribution < -0.4 is 10.2 Å². The molecule has 0 aliphatic rings. The maximum atomic E-state index is 12.2. The summed E-state index contributed by atoms with van der Waals surface area (Å²) in [7, 11) is 0. The summed E-state index contributed by atoms with van der Waals surface area (Å²) in [4.78, 5) is 25.9. The molecule has 2 rings (SSSR count). The van der Waals surface area contributed by atoms with Crippen molar-refractivity contribution in [3.8, 4) is 0 Å². The molecule has 2 amide bonds. The Hall–Kier alpha value is -2.62. The highest BCUT2D eigenvalue weighted by atomic mass is 16.2. The summed E-state index contributed by atoms with van der Waals surface area (Å²) in [6, 6.07) is 13.8. The molecule has 4 nitrogen and oxygen atoms in total. The van der Waals surface area contributed by atoms with Crippen molar-refractivity contribution in [2.45, 2.75) is 40.5 Å². The summed E-state index contributed by atoms with van der Waals surface area (Å²) >= 11 is 0. The van der Waals surface area contributed by atoms with Crippen molar-refractivity contribution >= 4 is 23.2 Å². The van der Waals surface area contributed by atoms with E-state index >= 15 is 0 Å². The molecule has 0 heterocycles. The highest BCUT2D eigenvalue weighted by molar-refractivity contribution is 5.94. The highest BCUT2D eigenvalue weighted by Crippen LogP contribution is 2.19. The van der Waals surface area contributed by atoms with Gasteiger partial charge < -0.3 is 10.2 Å². The van der Waals surface area contributed by atoms with E-state index in [1.807, 2.05) is 50.2 Å². The summed E-state index contributed by atoms with van der Waals surface area (Å²) in [6.45, 7) is 7.98. The molecular weight excluding hydrogens is 312 g/mol. The van der Waals surface area contributed by atoms with Gasteiger partial charge in [0, 0.05) is 31.3 Å². The fourth-order valence-corrected chi connectivity index (χ4v) is 2.84. The average molecular weight is 338 g/mol. The standard InChI is InChI=1S/C21H26N2O2/c1-5-18-6-8-19(9-7-18)22-21(25)10-11-23(17(4)24)20-13-15(2)12-16(3)14-20/h6-9,12-14H,5,10-11H2,1-4H3,(H,22,25). The van der Waals surface area contributed by atoms with Gasteiger partial charge in [-0.05, 0) is 61.2 Å². The van der Waals surface area contributed by atoms with Gasteiger partial charge in [0.2, 0.25) is 11.8 Å². The monoisotopic (exact) mass is 338 g/mol. The van der Waals surface area contributed by atoms with Gasteiger partial charge >= 0.3 is 0 Å². The van der Waals surface area contributed by atoms with Gasteiger partial charge in [-0.2, -0.15) is 0 Å². The van der Waals surface area contributed by atoms with E-state index in [0.29, 0.717) is 6.54 Å². The topological polar surface area (TPSA) is 49.4 Å². The lowest BCUT2D eigenvalue weighted by Gasteiger charge is -2.22. The Morgan fingerprint density at radius 2 is 1.60 bits per heavy atom. The van der Waals surface area contributed by atoms with Crippen LogP contribution in [0.25, 0.3) is 0 Å². The van der Waals surface area contributed by atoms with Crippen molar-refractivity contribution in [2.24, 2.45) is 0 Å². The fraction of sp³-hybridized carbons (Fsp3) is 0.333. The number of nitrogens with one attached hydrogen (secondary N) is 1. The number of benzene rings is 2. The second kappa shape index (κ2) is 8.47. The molecule has 0 aromatic heterocycles. The minimum Gasteiger partial charge on any atom is -0.326 e. The van der Waals surface area contributed by atoms with Gasteiger partial charge in [0.25, 0.3) is 0 Å². The largest absolute Gasteiger partial charge is 0.326 e. The Morgan fingerprint density at radius 3 is 2.12 bits per heavy atom. The van der Waals surface area contributed by atoms with Crippen LogP contribution in [0, 0.1) is 13.8 Å². The number of carbonyl (C=O) groups excluding carboxylic acids is 2. The molecule has 132 valence electrons. The molecule has 25 heavy (non-hydrogen) atoms. The van der Waals surface area contributed by atoms with Crippen LogP contribution >= 0.6 is 0 Å². The molecule has 0 saturated heterocycles. The number of hydrogen-bond acceptors (Lipinski definition) is 2. The van der Waals surface area contributed by atoms with E-state index in [4.69, 9.17) is 0 Å². The predicted octanol–water partition coefficient (Wildman–Crippen LogP) is 4.25. The molecule has 0 bridgehead atoms. The maximum absolute atomic E-state index is 12.2. The molecule has 0 atom stereocenters. The third-order valence-corrected chi connectivity index (χ3v) is 4.11. The van der Waals surface area contributed by atoms with E-state index < -0.39 is 0 Å². The van der Waals surface area contributed by atoms with Gasteiger partial charge in [-0.1, -0.05) is 25.1 Å². The number of amides is 2. The molecule has 2 aromatic carbocycles. The molecule has 0 fully saturated rings. The average Bonchev–Trinajstić information content (AvgIpc) is 2.54. The lowest BCUT2D eigenvalue weighted by molar-refractivity contribution is -0.117. The smallest absolute Gasteiger partial charge is 0.226 e. The van der Waals surface area contributed by atoms with E-state index in [0.717, 1.165) is 28.9 Å². The number of anilines is 2. The zero-order chi connectivity index (χ0) is 18.4. The van der Waals surface area contributed by atoms with Crippen molar-refractivity contribution in [1.29, 1.82) is 0 Å². The molecule has 0 aliphatic carbocycles. The molecule has 0 spiro atoms. The van der Waals surface area contributed by atoms with Crippen LogP contribution in [0.4, 0.5) is 11.4 Å². The lowest BCUT2D eigenvalue weighted by Crippen LogP contribution is -2.32. The molecule has 0 aliphatic heterocycles. The van der Waals surface area contributed by atoms with Crippen LogP contribution in [-0.4, -0.2) is 18.4 Å². The van der Waals surface area contributed by atoms with Crippen molar-refractivity contribution in [2.75, 3.05) is 16.8 Å². The predicted molar refractivity (Wildman–Crippen MR) is 103 cm³/mol. The number of carbonyl (C=O) groups is 2. The van der Waals surface area contributed by atoms with E-state index in [1.54, 1.807) is 4.90 Å². The second-order valence-electron chi connectivity index (χ2n) is 6.37. The van der Waals surface area contributed by atoms with Crippen LogP contribution in [-0.2, 0) is 16.0 Å². The van der Waals surface area contributed by atoms with E-state index in [1.165, 1.54) is 12.5 Å². The second-order valence-corrected chi connectivity index (χ2v) is 6.37. The van der Waals surface area contributed by atoms with Crippen LogP contribution in [0.3, 0.4) is 0 Å². The summed E-state index contributed by atoms with van der Waals surface area (Å²) in [5.74, 6) is -0.162. The zero-order valence-electron chi connectivity index (χ0n) is 15.4. The van der Waals surface area contributed by atoms with Crippen LogP contribution in [0.2, 0.25) is 0 Å². The minimum absolute atomic E-state index is 0.0647. The van der Waals surface area contributed by atoms with Crippen LogP contribution in [0.5, 0.6) is 0 Å². The Morgan fingerprint density at radius 1 is 1.00 bits per heavy atom. The van der Waals surface area contributed by atoms with Gasteiger partial charge in [-0.3, -0.25) is 9.59 Å². The molecule has 0 radical (unpaired) electrons. The number of aryl methyl sites for hydroxylation is 3.